The number of carbonyl (C=O) groups is 1. The number of nitrogens with zero attached hydrogens (tertiary/aromatic N) is 2. The molecule has 0 unspecified atom stereocenters. The number of amides is 1. The third kappa shape index (κ3) is 2.54. The maximum absolute atomic E-state index is 12.4. The van der Waals surface area contributed by atoms with Gasteiger partial charge in [0.25, 0.3) is 5.91 Å². The molecule has 0 aliphatic carbocycles. The molecule has 0 spiro atoms. The smallest absolute Gasteiger partial charge is 0.255 e. The molecule has 0 fully saturated rings. The molecular formula is C17H19N3O. The van der Waals surface area contributed by atoms with Crippen molar-refractivity contribution in [2.45, 2.75) is 13.0 Å². The van der Waals surface area contributed by atoms with E-state index in [2.05, 4.69) is 22.4 Å². The van der Waals surface area contributed by atoms with Gasteiger partial charge in [0, 0.05) is 32.4 Å². The average Bonchev–Trinajstić information content (AvgIpc) is 2.53. The number of benzene rings is 1. The van der Waals surface area contributed by atoms with E-state index < -0.39 is 0 Å². The highest BCUT2D eigenvalue weighted by atomic mass is 16.2. The monoisotopic (exact) mass is 281 g/mol. The largest absolute Gasteiger partial charge is 0.345 e. The van der Waals surface area contributed by atoms with Gasteiger partial charge >= 0.3 is 0 Å². The first kappa shape index (κ1) is 13.8. The minimum absolute atomic E-state index is 0.00959. The molecule has 0 atom stereocenters. The number of hydrogen-bond donors (Lipinski definition) is 1. The lowest BCUT2D eigenvalue weighted by Crippen LogP contribution is -2.25. The quantitative estimate of drug-likeness (QED) is 0.917. The molecule has 0 saturated heterocycles. The summed E-state index contributed by atoms with van der Waals surface area (Å²) in [5.74, 6) is -0.00959. The molecule has 0 saturated carbocycles. The van der Waals surface area contributed by atoms with Gasteiger partial charge in [-0.05, 0) is 36.2 Å². The molecule has 3 rings (SSSR count). The van der Waals surface area contributed by atoms with Crippen LogP contribution in [0.25, 0.3) is 11.3 Å². The van der Waals surface area contributed by atoms with Crippen LogP contribution >= 0.6 is 0 Å². The molecule has 2 heterocycles. The van der Waals surface area contributed by atoms with Crippen LogP contribution < -0.4 is 5.32 Å². The Kier molecular flexibility index (Phi) is 3.71. The molecule has 0 radical (unpaired) electrons. The van der Waals surface area contributed by atoms with E-state index in [1.54, 1.807) is 25.2 Å². The minimum Gasteiger partial charge on any atom is -0.345 e. The molecule has 0 bridgehead atoms. The molecule has 2 aromatic rings. The molecular weight excluding hydrogens is 262 g/mol. The molecule has 1 aromatic heterocycles. The lowest BCUT2D eigenvalue weighted by molar-refractivity contribution is 0.0828. The van der Waals surface area contributed by atoms with Gasteiger partial charge in [0.05, 0.1) is 11.3 Å². The van der Waals surface area contributed by atoms with Crippen LogP contribution in [-0.2, 0) is 13.0 Å². The molecule has 4 heteroatoms. The Morgan fingerprint density at radius 3 is 2.90 bits per heavy atom. The van der Waals surface area contributed by atoms with Crippen molar-refractivity contribution in [2.24, 2.45) is 0 Å². The lowest BCUT2D eigenvalue weighted by Gasteiger charge is -2.21. The van der Waals surface area contributed by atoms with Crippen LogP contribution in [0.1, 0.15) is 21.5 Å². The van der Waals surface area contributed by atoms with E-state index in [-0.39, 0.29) is 5.91 Å². The summed E-state index contributed by atoms with van der Waals surface area (Å²) in [5.41, 5.74) is 5.14. The Balaban J connectivity index is 2.16. The lowest BCUT2D eigenvalue weighted by atomic mass is 9.92. The van der Waals surface area contributed by atoms with E-state index in [1.165, 1.54) is 11.1 Å². The molecule has 1 aliphatic heterocycles. The second-order valence-corrected chi connectivity index (χ2v) is 5.47. The Labute approximate surface area is 124 Å². The SMILES string of the molecule is CN(C)C(=O)c1cccnc1-c1cccc2c1CCNC2. The maximum Gasteiger partial charge on any atom is 0.255 e. The summed E-state index contributed by atoms with van der Waals surface area (Å²) in [6.07, 6.45) is 2.72. The van der Waals surface area contributed by atoms with Crippen LogP contribution in [0.15, 0.2) is 36.5 Å². The Morgan fingerprint density at radius 1 is 1.24 bits per heavy atom. The first-order valence-corrected chi connectivity index (χ1v) is 7.17. The van der Waals surface area contributed by atoms with Crippen LogP contribution in [0.2, 0.25) is 0 Å². The summed E-state index contributed by atoms with van der Waals surface area (Å²) in [5, 5.41) is 3.38. The van der Waals surface area contributed by atoms with Crippen LogP contribution in [-0.4, -0.2) is 36.4 Å². The molecule has 108 valence electrons. The molecule has 1 aromatic carbocycles. The highest BCUT2D eigenvalue weighted by Crippen LogP contribution is 2.29. The Morgan fingerprint density at radius 2 is 2.10 bits per heavy atom. The number of hydrogen-bond acceptors (Lipinski definition) is 3. The standard InChI is InChI=1S/C17H19N3O/c1-20(2)17(21)15-7-4-9-19-16(15)14-6-3-5-12-11-18-10-8-13(12)14/h3-7,9,18H,8,10-11H2,1-2H3. The van der Waals surface area contributed by atoms with Crippen molar-refractivity contribution in [3.05, 3.63) is 53.2 Å². The second kappa shape index (κ2) is 5.66. The van der Waals surface area contributed by atoms with Crippen molar-refractivity contribution >= 4 is 5.91 Å². The molecule has 4 nitrogen and oxygen atoms in total. The molecule has 1 aliphatic rings. The number of rotatable bonds is 2. The van der Waals surface area contributed by atoms with Crippen molar-refractivity contribution in [3.8, 4) is 11.3 Å². The van der Waals surface area contributed by atoms with E-state index in [0.717, 1.165) is 30.8 Å². The highest BCUT2D eigenvalue weighted by molar-refractivity contribution is 6.00. The van der Waals surface area contributed by atoms with Crippen LogP contribution in [0.3, 0.4) is 0 Å². The van der Waals surface area contributed by atoms with E-state index in [0.29, 0.717) is 5.56 Å². The van der Waals surface area contributed by atoms with Crippen LogP contribution in [0.5, 0.6) is 0 Å². The first-order chi connectivity index (χ1) is 10.2. The third-order valence-corrected chi connectivity index (χ3v) is 3.84. The normalized spacial score (nSPS) is 13.6. The third-order valence-electron chi connectivity index (χ3n) is 3.84. The highest BCUT2D eigenvalue weighted by Gasteiger charge is 2.20. The van der Waals surface area contributed by atoms with Gasteiger partial charge in [-0.15, -0.1) is 0 Å². The number of aromatic nitrogens is 1. The van der Waals surface area contributed by atoms with Crippen LogP contribution in [0, 0.1) is 0 Å². The van der Waals surface area contributed by atoms with Crippen molar-refractivity contribution in [1.82, 2.24) is 15.2 Å². The van der Waals surface area contributed by atoms with Gasteiger partial charge in [-0.2, -0.15) is 0 Å². The summed E-state index contributed by atoms with van der Waals surface area (Å²) < 4.78 is 0. The van der Waals surface area contributed by atoms with Crippen LogP contribution in [0.4, 0.5) is 0 Å². The summed E-state index contributed by atoms with van der Waals surface area (Å²) in [4.78, 5) is 18.5. The number of fused-ring (bicyclic) bond motifs is 1. The van der Waals surface area contributed by atoms with E-state index >= 15 is 0 Å². The van der Waals surface area contributed by atoms with Gasteiger partial charge in [-0.25, -0.2) is 0 Å². The van der Waals surface area contributed by atoms with Gasteiger partial charge < -0.3 is 10.2 Å². The maximum atomic E-state index is 12.4. The fourth-order valence-electron chi connectivity index (χ4n) is 2.79. The van der Waals surface area contributed by atoms with E-state index in [4.69, 9.17) is 0 Å². The summed E-state index contributed by atoms with van der Waals surface area (Å²) in [7, 11) is 3.53. The van der Waals surface area contributed by atoms with Crippen molar-refractivity contribution in [2.75, 3.05) is 20.6 Å². The Bertz CT molecular complexity index is 679. The second-order valence-electron chi connectivity index (χ2n) is 5.47. The summed E-state index contributed by atoms with van der Waals surface area (Å²) >= 11 is 0. The molecule has 1 amide bonds. The Hall–Kier alpha value is -2.20. The van der Waals surface area contributed by atoms with Crippen molar-refractivity contribution < 1.29 is 4.79 Å². The van der Waals surface area contributed by atoms with Gasteiger partial charge in [-0.1, -0.05) is 18.2 Å². The fraction of sp³-hybridized carbons (Fsp3) is 0.294. The molecule has 21 heavy (non-hydrogen) atoms. The van der Waals surface area contributed by atoms with E-state index in [9.17, 15) is 4.79 Å². The van der Waals surface area contributed by atoms with Gasteiger partial charge in [-0.3, -0.25) is 9.78 Å². The minimum atomic E-state index is -0.00959. The number of carbonyl (C=O) groups excluding carboxylic acids is 1. The first-order valence-electron chi connectivity index (χ1n) is 7.17. The van der Waals surface area contributed by atoms with Gasteiger partial charge in [0.2, 0.25) is 0 Å². The number of nitrogens with one attached hydrogen (secondary N) is 1. The van der Waals surface area contributed by atoms with Gasteiger partial charge in [0.1, 0.15) is 0 Å². The zero-order chi connectivity index (χ0) is 14.8. The summed E-state index contributed by atoms with van der Waals surface area (Å²) in [6, 6.07) is 9.92. The predicted octanol–water partition coefficient (Wildman–Crippen LogP) is 2.10. The number of pyridine rings is 1. The zero-order valence-corrected chi connectivity index (χ0v) is 12.4. The van der Waals surface area contributed by atoms with Crippen molar-refractivity contribution in [1.29, 1.82) is 0 Å². The molecule has 1 N–H and O–H groups in total. The average molecular weight is 281 g/mol. The topological polar surface area (TPSA) is 45.2 Å². The van der Waals surface area contributed by atoms with E-state index in [1.807, 2.05) is 18.2 Å². The fourth-order valence-corrected chi connectivity index (χ4v) is 2.79. The van der Waals surface area contributed by atoms with Crippen molar-refractivity contribution in [3.63, 3.8) is 0 Å². The van der Waals surface area contributed by atoms with Gasteiger partial charge in [0.15, 0.2) is 0 Å². The predicted molar refractivity (Wildman–Crippen MR) is 83.1 cm³/mol. The zero-order valence-electron chi connectivity index (χ0n) is 12.4. The summed E-state index contributed by atoms with van der Waals surface area (Å²) in [6.45, 7) is 1.85.